The molecule has 20 heavy (non-hydrogen) atoms. The lowest BCUT2D eigenvalue weighted by molar-refractivity contribution is 0.0941. The number of ether oxygens (including phenoxy) is 1. The Hall–Kier alpha value is -1.51. The van der Waals surface area contributed by atoms with Gasteiger partial charge in [0.1, 0.15) is 5.75 Å². The molecule has 0 spiro atoms. The molecular formula is C17H25NO2. The van der Waals surface area contributed by atoms with Crippen LogP contribution >= 0.6 is 0 Å². The third-order valence-corrected chi connectivity index (χ3v) is 3.79. The van der Waals surface area contributed by atoms with E-state index in [1.165, 1.54) is 19.3 Å². The highest BCUT2D eigenvalue weighted by Crippen LogP contribution is 2.25. The largest absolute Gasteiger partial charge is 0.490 e. The third kappa shape index (κ3) is 4.26. The van der Waals surface area contributed by atoms with E-state index in [0.29, 0.717) is 5.56 Å². The van der Waals surface area contributed by atoms with Crippen molar-refractivity contribution in [3.05, 3.63) is 29.8 Å². The van der Waals surface area contributed by atoms with Gasteiger partial charge in [0.25, 0.3) is 5.91 Å². The third-order valence-electron chi connectivity index (χ3n) is 3.79. The van der Waals surface area contributed by atoms with Gasteiger partial charge in [-0.2, -0.15) is 0 Å². The Labute approximate surface area is 121 Å². The van der Waals surface area contributed by atoms with E-state index in [0.717, 1.165) is 38.0 Å². The van der Waals surface area contributed by atoms with Crippen LogP contribution in [0.3, 0.4) is 0 Å². The van der Waals surface area contributed by atoms with Crippen LogP contribution in [0.5, 0.6) is 5.75 Å². The SMILES string of the molecule is CCCCNC(=O)c1ccccc1OC1CCCCC1. The molecule has 110 valence electrons. The zero-order valence-corrected chi connectivity index (χ0v) is 12.4. The second-order valence-corrected chi connectivity index (χ2v) is 5.48. The summed E-state index contributed by atoms with van der Waals surface area (Å²) in [6.07, 6.45) is 8.34. The topological polar surface area (TPSA) is 38.3 Å². The number of rotatable bonds is 6. The monoisotopic (exact) mass is 275 g/mol. The maximum atomic E-state index is 12.2. The van der Waals surface area contributed by atoms with Gasteiger partial charge in [-0.1, -0.05) is 31.9 Å². The predicted molar refractivity (Wildman–Crippen MR) is 81.2 cm³/mol. The molecule has 3 nitrogen and oxygen atoms in total. The fourth-order valence-electron chi connectivity index (χ4n) is 2.59. The van der Waals surface area contributed by atoms with Crippen LogP contribution in [0.2, 0.25) is 0 Å². The van der Waals surface area contributed by atoms with E-state index in [-0.39, 0.29) is 12.0 Å². The molecule has 1 amide bonds. The van der Waals surface area contributed by atoms with Crippen LogP contribution in [0.1, 0.15) is 62.2 Å². The first-order valence-corrected chi connectivity index (χ1v) is 7.85. The van der Waals surface area contributed by atoms with Gasteiger partial charge in [0.2, 0.25) is 0 Å². The van der Waals surface area contributed by atoms with Gasteiger partial charge in [0.15, 0.2) is 0 Å². The highest BCUT2D eigenvalue weighted by molar-refractivity contribution is 5.96. The molecule has 0 heterocycles. The summed E-state index contributed by atoms with van der Waals surface area (Å²) in [5.74, 6) is 0.707. The van der Waals surface area contributed by atoms with Crippen molar-refractivity contribution < 1.29 is 9.53 Å². The van der Waals surface area contributed by atoms with Crippen molar-refractivity contribution in [2.45, 2.75) is 58.0 Å². The van der Waals surface area contributed by atoms with E-state index < -0.39 is 0 Å². The van der Waals surface area contributed by atoms with Crippen molar-refractivity contribution in [2.75, 3.05) is 6.54 Å². The molecule has 0 aliphatic heterocycles. The Kier molecular flexibility index (Phi) is 5.90. The molecule has 1 aliphatic rings. The van der Waals surface area contributed by atoms with Crippen LogP contribution in [0.15, 0.2) is 24.3 Å². The number of carbonyl (C=O) groups excluding carboxylic acids is 1. The summed E-state index contributed by atoms with van der Waals surface area (Å²) < 4.78 is 6.05. The van der Waals surface area contributed by atoms with Gasteiger partial charge >= 0.3 is 0 Å². The standard InChI is InChI=1S/C17H25NO2/c1-2-3-13-18-17(19)15-11-7-8-12-16(15)20-14-9-5-4-6-10-14/h7-8,11-12,14H,2-6,9-10,13H2,1H3,(H,18,19). The molecule has 0 atom stereocenters. The summed E-state index contributed by atoms with van der Waals surface area (Å²) >= 11 is 0. The fourth-order valence-corrected chi connectivity index (χ4v) is 2.59. The molecule has 1 aromatic rings. The van der Waals surface area contributed by atoms with Gasteiger partial charge in [0, 0.05) is 6.54 Å². The molecule has 0 bridgehead atoms. The Morgan fingerprint density at radius 1 is 1.25 bits per heavy atom. The number of nitrogens with one attached hydrogen (secondary N) is 1. The Morgan fingerprint density at radius 2 is 2.00 bits per heavy atom. The van der Waals surface area contributed by atoms with Gasteiger partial charge in [-0.25, -0.2) is 0 Å². The normalized spacial score (nSPS) is 15.8. The first-order valence-electron chi connectivity index (χ1n) is 7.85. The van der Waals surface area contributed by atoms with Crippen molar-refractivity contribution in [3.8, 4) is 5.75 Å². The molecule has 0 radical (unpaired) electrons. The first kappa shape index (κ1) is 14.9. The number of amides is 1. The number of benzene rings is 1. The molecular weight excluding hydrogens is 250 g/mol. The molecule has 1 saturated carbocycles. The molecule has 1 aromatic carbocycles. The van der Waals surface area contributed by atoms with Crippen LogP contribution in [0.4, 0.5) is 0 Å². The van der Waals surface area contributed by atoms with Crippen molar-refractivity contribution in [1.29, 1.82) is 0 Å². The van der Waals surface area contributed by atoms with Gasteiger partial charge in [-0.05, 0) is 44.2 Å². The summed E-state index contributed by atoms with van der Waals surface area (Å²) in [6.45, 7) is 2.85. The fraction of sp³-hybridized carbons (Fsp3) is 0.588. The summed E-state index contributed by atoms with van der Waals surface area (Å²) in [4.78, 5) is 12.2. The number of para-hydroxylation sites is 1. The van der Waals surface area contributed by atoms with Gasteiger partial charge < -0.3 is 10.1 Å². The highest BCUT2D eigenvalue weighted by Gasteiger charge is 2.18. The van der Waals surface area contributed by atoms with Gasteiger partial charge in [-0.15, -0.1) is 0 Å². The first-order chi connectivity index (χ1) is 9.81. The summed E-state index contributed by atoms with van der Waals surface area (Å²) in [5, 5.41) is 2.96. The average molecular weight is 275 g/mol. The van der Waals surface area contributed by atoms with Crippen molar-refractivity contribution >= 4 is 5.91 Å². The Bertz CT molecular complexity index is 425. The minimum atomic E-state index is -0.0233. The molecule has 0 aromatic heterocycles. The van der Waals surface area contributed by atoms with Crippen LogP contribution < -0.4 is 10.1 Å². The molecule has 2 rings (SSSR count). The summed E-state index contributed by atoms with van der Waals surface area (Å²) in [6, 6.07) is 7.58. The number of unbranched alkanes of at least 4 members (excludes halogenated alkanes) is 1. The predicted octanol–water partition coefficient (Wildman–Crippen LogP) is 3.93. The second-order valence-electron chi connectivity index (χ2n) is 5.48. The molecule has 1 aliphatic carbocycles. The van der Waals surface area contributed by atoms with E-state index in [9.17, 15) is 4.79 Å². The minimum Gasteiger partial charge on any atom is -0.490 e. The maximum Gasteiger partial charge on any atom is 0.255 e. The summed E-state index contributed by atoms with van der Waals surface area (Å²) in [5.41, 5.74) is 0.661. The van der Waals surface area contributed by atoms with Crippen LogP contribution in [0, 0.1) is 0 Å². The molecule has 1 N–H and O–H groups in total. The maximum absolute atomic E-state index is 12.2. The van der Waals surface area contributed by atoms with Crippen molar-refractivity contribution in [3.63, 3.8) is 0 Å². The Morgan fingerprint density at radius 3 is 2.75 bits per heavy atom. The molecule has 1 fully saturated rings. The van der Waals surface area contributed by atoms with E-state index in [4.69, 9.17) is 4.74 Å². The lowest BCUT2D eigenvalue weighted by atomic mass is 9.97. The quantitative estimate of drug-likeness (QED) is 0.799. The van der Waals surface area contributed by atoms with Crippen molar-refractivity contribution in [2.24, 2.45) is 0 Å². The average Bonchev–Trinajstić information content (AvgIpc) is 2.49. The minimum absolute atomic E-state index is 0.0233. The van der Waals surface area contributed by atoms with Crippen molar-refractivity contribution in [1.82, 2.24) is 5.32 Å². The number of carbonyl (C=O) groups is 1. The number of hydrogen-bond acceptors (Lipinski definition) is 2. The summed E-state index contributed by atoms with van der Waals surface area (Å²) in [7, 11) is 0. The van der Waals surface area contributed by atoms with E-state index in [1.54, 1.807) is 0 Å². The lowest BCUT2D eigenvalue weighted by Crippen LogP contribution is -2.26. The molecule has 0 unspecified atom stereocenters. The van der Waals surface area contributed by atoms with E-state index >= 15 is 0 Å². The van der Waals surface area contributed by atoms with Gasteiger partial charge in [0.05, 0.1) is 11.7 Å². The Balaban J connectivity index is 1.99. The van der Waals surface area contributed by atoms with Crippen LogP contribution in [0.25, 0.3) is 0 Å². The number of hydrogen-bond donors (Lipinski definition) is 1. The van der Waals surface area contributed by atoms with Crippen LogP contribution in [-0.4, -0.2) is 18.6 Å². The van der Waals surface area contributed by atoms with E-state index in [1.807, 2.05) is 24.3 Å². The molecule has 3 heteroatoms. The zero-order valence-electron chi connectivity index (χ0n) is 12.4. The smallest absolute Gasteiger partial charge is 0.255 e. The zero-order chi connectivity index (χ0) is 14.2. The molecule has 0 saturated heterocycles. The lowest BCUT2D eigenvalue weighted by Gasteiger charge is -2.24. The van der Waals surface area contributed by atoms with Gasteiger partial charge in [-0.3, -0.25) is 4.79 Å². The highest BCUT2D eigenvalue weighted by atomic mass is 16.5. The second kappa shape index (κ2) is 7.93. The van der Waals surface area contributed by atoms with E-state index in [2.05, 4.69) is 12.2 Å². The van der Waals surface area contributed by atoms with Crippen LogP contribution in [-0.2, 0) is 0 Å².